The van der Waals surface area contributed by atoms with Gasteiger partial charge in [-0.2, -0.15) is 20.4 Å². The van der Waals surface area contributed by atoms with Gasteiger partial charge >= 0.3 is 24.1 Å². The predicted octanol–water partition coefficient (Wildman–Crippen LogP) is 14.8. The van der Waals surface area contributed by atoms with Crippen LogP contribution in [0.1, 0.15) is 24.8 Å². The number of ether oxygens (including phenoxy) is 1. The number of aryl methyl sites for hydroxylation is 5. The first-order valence-electron chi connectivity index (χ1n) is 42.8. The number of nitrogens with two attached hydrogens (primary N) is 4. The highest BCUT2D eigenvalue weighted by Gasteiger charge is 2.30. The molecule has 20 rings (SSSR count). The van der Waals surface area contributed by atoms with Gasteiger partial charge < -0.3 is 58.7 Å². The molecule has 0 saturated carbocycles. The average molecular weight is 1910 g/mol. The summed E-state index contributed by atoms with van der Waals surface area (Å²) in [6.07, 6.45) is 16.4. The third-order valence-electron chi connectivity index (χ3n) is 22.2. The van der Waals surface area contributed by atoms with Gasteiger partial charge in [0.1, 0.15) is 68.3 Å². The number of likely N-dealkylation sites (N-methyl/N-ethyl adjacent to an activating group) is 2. The topological polar surface area (TPSA) is 510 Å². The Balaban J connectivity index is 0.000000126. The molecule has 17 aromatic rings. The lowest BCUT2D eigenvalue weighted by Crippen LogP contribution is -2.58. The predicted molar refractivity (Wildman–Crippen MR) is 529 cm³/mol. The van der Waals surface area contributed by atoms with Gasteiger partial charge in [-0.25, -0.2) is 59.0 Å². The van der Waals surface area contributed by atoms with Crippen LogP contribution < -0.4 is 65.5 Å². The first-order chi connectivity index (χ1) is 65.6. The van der Waals surface area contributed by atoms with E-state index in [1.165, 1.54) is 0 Å². The zero-order valence-electron chi connectivity index (χ0n) is 74.3. The fourth-order valence-electron chi connectivity index (χ4n) is 15.6. The van der Waals surface area contributed by atoms with Crippen molar-refractivity contribution in [3.8, 4) is 90.6 Å². The van der Waals surface area contributed by atoms with E-state index < -0.39 is 12.1 Å². The maximum atomic E-state index is 12.7. The molecule has 3 aliphatic heterocycles. The molecule has 8 amide bonds. The Labute approximate surface area is 797 Å². The van der Waals surface area contributed by atoms with E-state index in [-0.39, 0.29) is 76.7 Å². The van der Waals surface area contributed by atoms with Crippen molar-refractivity contribution in [2.45, 2.75) is 44.3 Å². The third-order valence-corrected chi connectivity index (χ3v) is 23.3. The van der Waals surface area contributed by atoms with Crippen molar-refractivity contribution < 1.29 is 23.9 Å². The minimum Gasteiger partial charge on any atom is -0.381 e. The van der Waals surface area contributed by atoms with E-state index in [9.17, 15) is 19.2 Å². The lowest BCUT2D eigenvalue weighted by molar-refractivity contribution is 0.0806. The van der Waals surface area contributed by atoms with Crippen LogP contribution in [0.4, 0.5) is 71.4 Å². The van der Waals surface area contributed by atoms with Crippen molar-refractivity contribution in [3.63, 3.8) is 0 Å². The second kappa shape index (κ2) is 40.3. The molecule has 5 aromatic carbocycles. The molecule has 0 aliphatic carbocycles. The smallest absolute Gasteiger partial charge is 0.324 e. The van der Waals surface area contributed by atoms with Crippen LogP contribution in [-0.4, -0.2) is 204 Å². The number of nitrogen functional groups attached to an aromatic ring is 4. The molecular formula is C93H90Cl4N34O5. The number of hydrogen-bond acceptors (Lipinski definition) is 27. The lowest BCUT2D eigenvalue weighted by atomic mass is 10.0. The summed E-state index contributed by atoms with van der Waals surface area (Å²) < 4.78 is 12.0. The molecule has 136 heavy (non-hydrogen) atoms. The van der Waals surface area contributed by atoms with E-state index >= 15 is 0 Å². The molecular weight excluding hydrogens is 1820 g/mol. The normalized spacial score (nSPS) is 13.9. The van der Waals surface area contributed by atoms with E-state index in [1.54, 1.807) is 74.0 Å². The molecule has 3 fully saturated rings. The van der Waals surface area contributed by atoms with Crippen LogP contribution in [0.25, 0.3) is 134 Å². The summed E-state index contributed by atoms with van der Waals surface area (Å²) in [7, 11) is 11.3. The van der Waals surface area contributed by atoms with Gasteiger partial charge in [0.15, 0.2) is 46.5 Å². The monoisotopic (exact) mass is 1900 g/mol. The highest BCUT2D eigenvalue weighted by atomic mass is 35.5. The number of halogens is 4. The number of carbonyl (C=O) groups is 4. The van der Waals surface area contributed by atoms with Crippen LogP contribution in [0.2, 0.25) is 20.1 Å². The molecule has 0 bridgehead atoms. The number of amides is 8. The number of pyridine rings is 4. The molecule has 0 radical (unpaired) electrons. The molecule has 3 saturated heterocycles. The fourth-order valence-corrected chi connectivity index (χ4v) is 16.7. The third kappa shape index (κ3) is 21.4. The molecule has 12 aromatic heterocycles. The average Bonchev–Trinajstić information content (AvgIpc) is 1.30. The van der Waals surface area contributed by atoms with Crippen molar-refractivity contribution in [2.75, 3.05) is 103 Å². The van der Waals surface area contributed by atoms with E-state index in [4.69, 9.17) is 84.0 Å². The Kier molecular flexibility index (Phi) is 27.3. The Hall–Kier alpha value is -15.8. The number of likely N-dealkylation sites (tertiary alicyclic amines) is 2. The number of hydrogen-bond donors (Lipinski definition) is 12. The van der Waals surface area contributed by atoms with Gasteiger partial charge in [0.05, 0.1) is 48.2 Å². The molecule has 3 aliphatic rings. The first kappa shape index (κ1) is 92.1. The van der Waals surface area contributed by atoms with Gasteiger partial charge in [-0.05, 0) is 156 Å². The first-order valence-corrected chi connectivity index (χ1v) is 44.3. The van der Waals surface area contributed by atoms with Gasteiger partial charge in [-0.15, -0.1) is 0 Å². The van der Waals surface area contributed by atoms with Crippen molar-refractivity contribution in [2.24, 2.45) is 28.2 Å². The number of carbonyl (C=O) groups excluding carboxylic acids is 4. The zero-order chi connectivity index (χ0) is 95.1. The number of fused-ring (bicyclic) bond motifs is 4. The summed E-state index contributed by atoms with van der Waals surface area (Å²) in [5, 5.41) is 45.7. The molecule has 15 heterocycles. The van der Waals surface area contributed by atoms with Crippen molar-refractivity contribution in [1.82, 2.24) is 125 Å². The van der Waals surface area contributed by atoms with E-state index in [0.717, 1.165) is 72.5 Å². The molecule has 43 heteroatoms. The fraction of sp³-hybridized carbons (Fsp3) is 0.204. The quantitative estimate of drug-likeness (QED) is 0.0427. The highest BCUT2D eigenvalue weighted by Crippen LogP contribution is 2.42. The maximum absolute atomic E-state index is 12.7. The summed E-state index contributed by atoms with van der Waals surface area (Å²) in [5.74, 6) is 0.930. The number of urea groups is 4. The number of benzene rings is 5. The number of rotatable bonds is 16. The second-order valence-corrected chi connectivity index (χ2v) is 34.2. The van der Waals surface area contributed by atoms with E-state index in [2.05, 4.69) is 123 Å². The van der Waals surface area contributed by atoms with Crippen LogP contribution in [0, 0.1) is 6.92 Å². The number of nitrogens with zero attached hydrogens (tertiary/aromatic N) is 22. The SMILES string of the molecule is CN1CC(NC(=O)Nc2nc(-c3cc(Cl)c4ncccc4c3)c(-c3ccn(C)n3)nc2N)C1.CN1CCC(NC(=O)Nc2nc(-c3cc(Cl)c4ncccc4c3)c(-c3ccn(C)n3)nc2N)C1.Cc1ccc(NC(=O)Nc2nc(-c3cc(Cl)c4ncccc4c3)c(-c3ccn(C)n3)nc2N)cc1.Cn1ccc(-c2nc(N)c(NC(=O)NC3CCOCC3)nc2-c2cc(Cl)c3ncccc3c2)n1. The minimum atomic E-state index is -0.493. The molecule has 39 nitrogen and oxygen atoms in total. The molecule has 1 atom stereocenters. The van der Waals surface area contributed by atoms with Gasteiger partial charge in [0.25, 0.3) is 0 Å². The minimum absolute atomic E-state index is 0.0296. The molecule has 0 spiro atoms. The standard InChI is InChI=1S/C25H21ClN8O.C23H24ClN9O.C23H23ClN8O2.C22H22ClN9O/c1-14-5-7-17(8-6-14)29-25(35)32-24-23(27)30-22(19-9-11-34(2)33-19)21(31-24)16-12-15-4-3-10-28-20(15)18(26)13-16;1-32-8-5-15(12-32)27-23(34)30-22-21(25)28-20(17-6-9-33(2)31-17)19(29-22)14-10-13-4-3-7-26-18(13)16(24)11-14;1-32-8-4-17(31-32)20-19(14-11-13-3-2-7-26-18(13)16(24)12-14)29-22(21(25)28-20)30-23(33)27-15-5-9-34-10-6-15;1-31-10-14(11-31)26-22(33)29-21-20(24)27-19(16-5-7-32(2)30-16)18(28-21)13-8-12-4-3-6-25-17(12)15(23)9-13/h3-13H,1-2H3,(H2,27,30)(H2,29,31,32,35);3-4,6-7,9-11,15H,5,8,12H2,1-2H3,(H2,25,28)(H2,27,29,30,34);2-4,7-8,11-12,15H,5-6,9-10H2,1H3,(H2,25,28)(H2,27,29,30,33);3-9,14H,10-11H2,1-2H3,(H2,24,27)(H2,26,28,29,33). The molecule has 690 valence electrons. The molecule has 1 unspecified atom stereocenters. The van der Waals surface area contributed by atoms with Crippen LogP contribution in [-0.2, 0) is 32.9 Å². The Morgan fingerprint density at radius 3 is 0.941 bits per heavy atom. The van der Waals surface area contributed by atoms with Crippen molar-refractivity contribution in [1.29, 1.82) is 0 Å². The Bertz CT molecular complexity index is 7210. The molecule has 16 N–H and O–H groups in total. The van der Waals surface area contributed by atoms with Gasteiger partial charge in [-0.3, -0.25) is 59.9 Å². The van der Waals surface area contributed by atoms with Crippen molar-refractivity contribution >= 4 is 166 Å². The summed E-state index contributed by atoms with van der Waals surface area (Å²) in [5.41, 5.74) is 38.3. The summed E-state index contributed by atoms with van der Waals surface area (Å²) in [6, 6.07) is 43.1. The highest BCUT2D eigenvalue weighted by molar-refractivity contribution is 6.37. The van der Waals surface area contributed by atoms with Crippen molar-refractivity contribution in [3.05, 3.63) is 221 Å². The maximum Gasteiger partial charge on any atom is 0.324 e. The van der Waals surface area contributed by atoms with Gasteiger partial charge in [0, 0.05) is 172 Å². The van der Waals surface area contributed by atoms with E-state index in [1.807, 2.05) is 189 Å². The van der Waals surface area contributed by atoms with Crippen LogP contribution in [0.15, 0.2) is 195 Å². The lowest BCUT2D eigenvalue weighted by Gasteiger charge is -2.36. The largest absolute Gasteiger partial charge is 0.381 e. The second-order valence-electron chi connectivity index (χ2n) is 32.5. The van der Waals surface area contributed by atoms with Crippen LogP contribution in [0.3, 0.4) is 0 Å². The Morgan fingerprint density at radius 1 is 0.346 bits per heavy atom. The zero-order valence-corrected chi connectivity index (χ0v) is 77.3. The number of nitrogens with one attached hydrogen (secondary N) is 8. The Morgan fingerprint density at radius 2 is 0.647 bits per heavy atom. The van der Waals surface area contributed by atoms with E-state index in [0.29, 0.717) is 152 Å². The number of anilines is 9. The van der Waals surface area contributed by atoms with Crippen LogP contribution in [0.5, 0.6) is 0 Å². The van der Waals surface area contributed by atoms with Crippen LogP contribution >= 0.6 is 46.4 Å². The number of aromatic nitrogens is 20. The summed E-state index contributed by atoms with van der Waals surface area (Å²) in [4.78, 5) is 109. The van der Waals surface area contributed by atoms with Gasteiger partial charge in [-0.1, -0.05) is 88.4 Å². The summed E-state index contributed by atoms with van der Waals surface area (Å²) in [6.45, 7) is 6.53. The summed E-state index contributed by atoms with van der Waals surface area (Å²) >= 11 is 26.1. The van der Waals surface area contributed by atoms with Gasteiger partial charge in [0.2, 0.25) is 0 Å².